The zero-order valence-electron chi connectivity index (χ0n) is 10.8. The predicted octanol–water partition coefficient (Wildman–Crippen LogP) is 1.21. The maximum Gasteiger partial charge on any atom is 0.137 e. The molecule has 2 saturated carbocycles. The Hall–Kier alpha value is -1.36. The van der Waals surface area contributed by atoms with Crippen LogP contribution in [0.25, 0.3) is 0 Å². The molecule has 1 heterocycles. The second kappa shape index (κ2) is 4.39. The topological polar surface area (TPSA) is 75.3 Å². The lowest BCUT2D eigenvalue weighted by atomic mass is 10.2. The van der Waals surface area contributed by atoms with Crippen LogP contribution in [0.5, 0.6) is 0 Å². The molecule has 5 nitrogen and oxygen atoms in total. The van der Waals surface area contributed by atoms with E-state index < -0.39 is 0 Å². The third-order valence-electron chi connectivity index (χ3n) is 3.72. The fraction of sp³-hybridized carbons (Fsp3) is 0.692. The van der Waals surface area contributed by atoms with Crippen LogP contribution in [0.15, 0.2) is 0 Å². The van der Waals surface area contributed by atoms with Gasteiger partial charge in [0.1, 0.15) is 17.5 Å². The van der Waals surface area contributed by atoms with E-state index in [2.05, 4.69) is 9.88 Å². The molecule has 2 fully saturated rings. The smallest absolute Gasteiger partial charge is 0.137 e. The van der Waals surface area contributed by atoms with E-state index in [-0.39, 0.29) is 6.61 Å². The largest absolute Gasteiger partial charge is 0.395 e. The van der Waals surface area contributed by atoms with Crippen LogP contribution in [0.4, 0.5) is 11.6 Å². The zero-order valence-corrected chi connectivity index (χ0v) is 10.8. The van der Waals surface area contributed by atoms with E-state index in [9.17, 15) is 5.11 Å². The summed E-state index contributed by atoms with van der Waals surface area (Å²) < 4.78 is 0. The molecule has 5 heteroatoms. The molecule has 18 heavy (non-hydrogen) atoms. The van der Waals surface area contributed by atoms with E-state index in [1.54, 1.807) is 0 Å². The van der Waals surface area contributed by atoms with E-state index in [4.69, 9.17) is 10.7 Å². The summed E-state index contributed by atoms with van der Waals surface area (Å²) in [6.45, 7) is 2.75. The molecule has 0 aliphatic heterocycles. The number of aliphatic hydroxyl groups is 1. The fourth-order valence-electron chi connectivity index (χ4n) is 2.30. The summed E-state index contributed by atoms with van der Waals surface area (Å²) in [7, 11) is 0. The molecule has 0 bridgehead atoms. The molecular weight excluding hydrogens is 228 g/mol. The van der Waals surface area contributed by atoms with Gasteiger partial charge in [0, 0.05) is 24.1 Å². The summed E-state index contributed by atoms with van der Waals surface area (Å²) in [4.78, 5) is 11.3. The van der Waals surface area contributed by atoms with Gasteiger partial charge >= 0.3 is 0 Å². The van der Waals surface area contributed by atoms with Crippen molar-refractivity contribution in [1.29, 1.82) is 0 Å². The van der Waals surface area contributed by atoms with Gasteiger partial charge in [-0.25, -0.2) is 9.97 Å². The van der Waals surface area contributed by atoms with Crippen molar-refractivity contribution in [3.05, 3.63) is 11.4 Å². The molecule has 0 spiro atoms. The lowest BCUT2D eigenvalue weighted by Gasteiger charge is -2.25. The highest BCUT2D eigenvalue weighted by Crippen LogP contribution is 2.40. The SMILES string of the molecule is Cc1c(N)nc(C2CC2)nc1N(CCO)C1CC1. The van der Waals surface area contributed by atoms with E-state index in [1.807, 2.05) is 6.92 Å². The summed E-state index contributed by atoms with van der Waals surface area (Å²) in [6, 6.07) is 0.525. The molecule has 0 aromatic carbocycles. The van der Waals surface area contributed by atoms with E-state index in [1.165, 1.54) is 25.7 Å². The Balaban J connectivity index is 1.96. The number of nitrogens with two attached hydrogens (primary N) is 1. The summed E-state index contributed by atoms with van der Waals surface area (Å²) in [5, 5.41) is 9.21. The summed E-state index contributed by atoms with van der Waals surface area (Å²) in [5.74, 6) is 2.91. The van der Waals surface area contributed by atoms with Gasteiger partial charge in [-0.1, -0.05) is 0 Å². The van der Waals surface area contributed by atoms with Gasteiger partial charge in [-0.15, -0.1) is 0 Å². The number of nitrogens with zero attached hydrogens (tertiary/aromatic N) is 3. The van der Waals surface area contributed by atoms with Gasteiger partial charge in [-0.3, -0.25) is 0 Å². The highest BCUT2D eigenvalue weighted by atomic mass is 16.3. The monoisotopic (exact) mass is 248 g/mol. The van der Waals surface area contributed by atoms with Gasteiger partial charge < -0.3 is 15.7 Å². The summed E-state index contributed by atoms with van der Waals surface area (Å²) in [6.07, 6.45) is 4.71. The lowest BCUT2D eigenvalue weighted by molar-refractivity contribution is 0.301. The van der Waals surface area contributed by atoms with Gasteiger partial charge in [-0.05, 0) is 32.6 Å². The molecule has 0 saturated heterocycles. The number of aliphatic hydroxyl groups excluding tert-OH is 1. The quantitative estimate of drug-likeness (QED) is 0.819. The van der Waals surface area contributed by atoms with Crippen LogP contribution >= 0.6 is 0 Å². The van der Waals surface area contributed by atoms with Gasteiger partial charge in [0.15, 0.2) is 0 Å². The third-order valence-corrected chi connectivity index (χ3v) is 3.72. The Morgan fingerprint density at radius 2 is 2.00 bits per heavy atom. The first-order chi connectivity index (χ1) is 8.70. The highest BCUT2D eigenvalue weighted by molar-refractivity contribution is 5.58. The molecular formula is C13H20N4O. The van der Waals surface area contributed by atoms with Crippen molar-refractivity contribution in [3.8, 4) is 0 Å². The van der Waals surface area contributed by atoms with Gasteiger partial charge in [0.2, 0.25) is 0 Å². The van der Waals surface area contributed by atoms with Gasteiger partial charge in [0.05, 0.1) is 6.61 Å². The van der Waals surface area contributed by atoms with Gasteiger partial charge in [0.25, 0.3) is 0 Å². The minimum absolute atomic E-state index is 0.151. The number of aromatic nitrogens is 2. The molecule has 2 aliphatic rings. The van der Waals surface area contributed by atoms with Crippen molar-refractivity contribution < 1.29 is 5.11 Å². The fourth-order valence-corrected chi connectivity index (χ4v) is 2.30. The third kappa shape index (κ3) is 2.14. The second-order valence-corrected chi connectivity index (χ2v) is 5.34. The Morgan fingerprint density at radius 3 is 2.56 bits per heavy atom. The van der Waals surface area contributed by atoms with Crippen molar-refractivity contribution in [2.75, 3.05) is 23.8 Å². The number of anilines is 2. The lowest BCUT2D eigenvalue weighted by Crippen LogP contribution is -2.31. The van der Waals surface area contributed by atoms with Crippen molar-refractivity contribution >= 4 is 11.6 Å². The maximum absolute atomic E-state index is 9.21. The standard InChI is InChI=1S/C13H20N4O/c1-8-11(14)15-12(9-2-3-9)16-13(8)17(6-7-18)10-4-5-10/h9-10,18H,2-7H2,1H3,(H2,14,15,16). The Morgan fingerprint density at radius 1 is 1.28 bits per heavy atom. The number of hydrogen-bond acceptors (Lipinski definition) is 5. The molecule has 98 valence electrons. The van der Waals surface area contributed by atoms with Crippen LogP contribution in [0.3, 0.4) is 0 Å². The van der Waals surface area contributed by atoms with Crippen molar-refractivity contribution in [3.63, 3.8) is 0 Å². The van der Waals surface area contributed by atoms with Crippen LogP contribution < -0.4 is 10.6 Å². The molecule has 1 aromatic heterocycles. The molecule has 0 unspecified atom stereocenters. The van der Waals surface area contributed by atoms with E-state index >= 15 is 0 Å². The molecule has 0 amide bonds. The molecule has 3 N–H and O–H groups in total. The number of nitrogen functional groups attached to an aromatic ring is 1. The van der Waals surface area contributed by atoms with Crippen molar-refractivity contribution in [2.24, 2.45) is 0 Å². The Labute approximate surface area is 107 Å². The average Bonchev–Trinajstić information content (AvgIpc) is 3.21. The highest BCUT2D eigenvalue weighted by Gasteiger charge is 2.33. The molecule has 3 rings (SSSR count). The van der Waals surface area contributed by atoms with Crippen LogP contribution in [-0.2, 0) is 0 Å². The van der Waals surface area contributed by atoms with E-state index in [0.717, 1.165) is 17.2 Å². The van der Waals surface area contributed by atoms with Crippen molar-refractivity contribution in [1.82, 2.24) is 9.97 Å². The first-order valence-corrected chi connectivity index (χ1v) is 6.72. The first-order valence-electron chi connectivity index (χ1n) is 6.72. The average molecular weight is 248 g/mol. The number of rotatable bonds is 5. The van der Waals surface area contributed by atoms with Crippen LogP contribution in [0.1, 0.15) is 43.0 Å². The van der Waals surface area contributed by atoms with Crippen LogP contribution in [0, 0.1) is 6.92 Å². The van der Waals surface area contributed by atoms with E-state index in [0.29, 0.717) is 24.3 Å². The minimum atomic E-state index is 0.151. The maximum atomic E-state index is 9.21. The van der Waals surface area contributed by atoms with Gasteiger partial charge in [-0.2, -0.15) is 0 Å². The minimum Gasteiger partial charge on any atom is -0.395 e. The van der Waals surface area contributed by atoms with Crippen LogP contribution in [0.2, 0.25) is 0 Å². The molecule has 0 radical (unpaired) electrons. The molecule has 0 atom stereocenters. The predicted molar refractivity (Wildman–Crippen MR) is 70.6 cm³/mol. The molecule has 2 aliphatic carbocycles. The Bertz CT molecular complexity index is 455. The zero-order chi connectivity index (χ0) is 12.7. The normalized spacial score (nSPS) is 19.0. The second-order valence-electron chi connectivity index (χ2n) is 5.34. The summed E-state index contributed by atoms with van der Waals surface area (Å²) >= 11 is 0. The summed E-state index contributed by atoms with van der Waals surface area (Å²) in [5.41, 5.74) is 6.95. The van der Waals surface area contributed by atoms with Crippen LogP contribution in [-0.4, -0.2) is 34.3 Å². The number of hydrogen-bond donors (Lipinski definition) is 2. The Kier molecular flexibility index (Phi) is 2.86. The van der Waals surface area contributed by atoms with Crippen molar-refractivity contribution in [2.45, 2.75) is 44.6 Å². The first kappa shape index (κ1) is 11.7. The molecule has 1 aromatic rings.